The highest BCUT2D eigenvalue weighted by atomic mass is 35.5. The quantitative estimate of drug-likeness (QED) is 0.583. The number of carboxylic acids is 1. The lowest BCUT2D eigenvalue weighted by molar-refractivity contribution is -0.145. The van der Waals surface area contributed by atoms with Crippen LogP contribution in [0.1, 0.15) is 18.9 Å². The molecule has 2 aromatic rings. The number of carboxylic acid groups (broad SMARTS) is 1. The minimum atomic E-state index is -0.944. The van der Waals surface area contributed by atoms with Gasteiger partial charge >= 0.3 is 5.97 Å². The maximum Gasteiger partial charge on any atom is 0.344 e. The summed E-state index contributed by atoms with van der Waals surface area (Å²) < 4.78 is 11.1. The zero-order valence-electron chi connectivity index (χ0n) is 14.8. The highest BCUT2D eigenvalue weighted by molar-refractivity contribution is 6.30. The number of halogens is 1. The molecule has 0 fully saturated rings. The molecule has 0 bridgehead atoms. The molecule has 0 radical (unpaired) electrons. The smallest absolute Gasteiger partial charge is 0.344 e. The summed E-state index contributed by atoms with van der Waals surface area (Å²) in [4.78, 5) is 11.1. The Labute approximate surface area is 158 Å². The maximum atomic E-state index is 11.1. The Morgan fingerprint density at radius 1 is 1.15 bits per heavy atom. The van der Waals surface area contributed by atoms with E-state index >= 15 is 0 Å². The average molecular weight is 378 g/mol. The Balaban J connectivity index is 1.68. The molecule has 0 aromatic heterocycles. The molecular weight excluding hydrogens is 354 g/mol. The van der Waals surface area contributed by atoms with Crippen LogP contribution in [0.15, 0.2) is 48.5 Å². The molecule has 2 N–H and O–H groups in total. The van der Waals surface area contributed by atoms with E-state index in [1.165, 1.54) is 0 Å². The molecule has 0 saturated carbocycles. The van der Waals surface area contributed by atoms with Crippen molar-refractivity contribution in [1.82, 2.24) is 5.32 Å². The van der Waals surface area contributed by atoms with Crippen LogP contribution in [0.4, 0.5) is 0 Å². The molecule has 0 saturated heterocycles. The second kappa shape index (κ2) is 10.7. The Kier molecular flexibility index (Phi) is 8.25. The van der Waals surface area contributed by atoms with Crippen LogP contribution in [0, 0.1) is 0 Å². The third kappa shape index (κ3) is 6.94. The second-order valence-electron chi connectivity index (χ2n) is 5.80. The standard InChI is InChI=1S/C20H24ClNO4/c1-2-19(20(23)24)26-18-5-3-4-15(14-18)10-11-22-12-13-25-17-8-6-16(21)7-9-17/h3-9,14,19,22H,2,10-13H2,1H3,(H,23,24). The van der Waals surface area contributed by atoms with Gasteiger partial charge in [-0.3, -0.25) is 0 Å². The Morgan fingerprint density at radius 3 is 2.62 bits per heavy atom. The molecular formula is C20H24ClNO4. The zero-order valence-corrected chi connectivity index (χ0v) is 15.5. The molecule has 0 spiro atoms. The molecule has 0 aliphatic rings. The number of carbonyl (C=O) groups is 1. The van der Waals surface area contributed by atoms with E-state index in [0.29, 0.717) is 23.8 Å². The van der Waals surface area contributed by atoms with Crippen molar-refractivity contribution < 1.29 is 19.4 Å². The maximum absolute atomic E-state index is 11.1. The van der Waals surface area contributed by atoms with Gasteiger partial charge in [0, 0.05) is 11.6 Å². The number of ether oxygens (including phenoxy) is 2. The number of hydrogen-bond donors (Lipinski definition) is 2. The first-order valence-corrected chi connectivity index (χ1v) is 9.03. The summed E-state index contributed by atoms with van der Waals surface area (Å²) in [6, 6.07) is 14.8. The van der Waals surface area contributed by atoms with E-state index in [1.807, 2.05) is 30.3 Å². The molecule has 5 nitrogen and oxygen atoms in total. The first-order chi connectivity index (χ1) is 12.6. The van der Waals surface area contributed by atoms with Crippen LogP contribution in [0.5, 0.6) is 11.5 Å². The molecule has 1 unspecified atom stereocenters. The summed E-state index contributed by atoms with van der Waals surface area (Å²) >= 11 is 5.83. The zero-order chi connectivity index (χ0) is 18.8. The van der Waals surface area contributed by atoms with Gasteiger partial charge < -0.3 is 19.9 Å². The highest BCUT2D eigenvalue weighted by Crippen LogP contribution is 2.17. The molecule has 0 aliphatic carbocycles. The summed E-state index contributed by atoms with van der Waals surface area (Å²) in [6.07, 6.45) is 0.435. The fourth-order valence-electron chi connectivity index (χ4n) is 2.38. The predicted octanol–water partition coefficient (Wildman–Crippen LogP) is 3.79. The van der Waals surface area contributed by atoms with Crippen molar-refractivity contribution in [2.75, 3.05) is 19.7 Å². The Hall–Kier alpha value is -2.24. The van der Waals surface area contributed by atoms with Gasteiger partial charge in [0.2, 0.25) is 0 Å². The largest absolute Gasteiger partial charge is 0.492 e. The van der Waals surface area contributed by atoms with E-state index in [0.717, 1.165) is 30.8 Å². The SMILES string of the molecule is CCC(Oc1cccc(CCNCCOc2ccc(Cl)cc2)c1)C(=O)O. The lowest BCUT2D eigenvalue weighted by Gasteiger charge is -2.14. The first-order valence-electron chi connectivity index (χ1n) is 8.66. The van der Waals surface area contributed by atoms with Gasteiger partial charge in [-0.2, -0.15) is 0 Å². The number of nitrogens with one attached hydrogen (secondary N) is 1. The van der Waals surface area contributed by atoms with E-state index in [9.17, 15) is 4.79 Å². The van der Waals surface area contributed by atoms with Crippen LogP contribution in [-0.4, -0.2) is 36.9 Å². The molecule has 26 heavy (non-hydrogen) atoms. The van der Waals surface area contributed by atoms with E-state index < -0.39 is 12.1 Å². The van der Waals surface area contributed by atoms with Crippen LogP contribution in [0.3, 0.4) is 0 Å². The van der Waals surface area contributed by atoms with Gasteiger partial charge in [-0.15, -0.1) is 0 Å². The third-order valence-electron chi connectivity index (χ3n) is 3.77. The van der Waals surface area contributed by atoms with Gasteiger partial charge in [-0.05, 0) is 61.3 Å². The van der Waals surface area contributed by atoms with Crippen molar-refractivity contribution >= 4 is 17.6 Å². The van der Waals surface area contributed by atoms with Crippen LogP contribution < -0.4 is 14.8 Å². The molecule has 0 heterocycles. The number of rotatable bonds is 11. The van der Waals surface area contributed by atoms with Crippen LogP contribution in [0.25, 0.3) is 0 Å². The van der Waals surface area contributed by atoms with Crippen molar-refractivity contribution in [1.29, 1.82) is 0 Å². The summed E-state index contributed by atoms with van der Waals surface area (Å²) in [5.41, 5.74) is 1.09. The average Bonchev–Trinajstić information content (AvgIpc) is 2.64. The van der Waals surface area contributed by atoms with Gasteiger partial charge in [0.15, 0.2) is 6.10 Å². The fourth-order valence-corrected chi connectivity index (χ4v) is 2.50. The van der Waals surface area contributed by atoms with Crippen molar-refractivity contribution in [2.45, 2.75) is 25.9 Å². The Morgan fingerprint density at radius 2 is 1.92 bits per heavy atom. The topological polar surface area (TPSA) is 67.8 Å². The normalized spacial score (nSPS) is 11.8. The number of benzene rings is 2. The highest BCUT2D eigenvalue weighted by Gasteiger charge is 2.16. The third-order valence-corrected chi connectivity index (χ3v) is 4.03. The molecule has 0 aliphatic heterocycles. The van der Waals surface area contributed by atoms with E-state index in [-0.39, 0.29) is 0 Å². The molecule has 140 valence electrons. The van der Waals surface area contributed by atoms with E-state index in [1.54, 1.807) is 25.1 Å². The monoisotopic (exact) mass is 377 g/mol. The van der Waals surface area contributed by atoms with Crippen molar-refractivity contribution in [2.24, 2.45) is 0 Å². The van der Waals surface area contributed by atoms with Gasteiger partial charge in [0.05, 0.1) is 0 Å². The van der Waals surface area contributed by atoms with Crippen molar-refractivity contribution in [3.63, 3.8) is 0 Å². The number of hydrogen-bond acceptors (Lipinski definition) is 4. The second-order valence-corrected chi connectivity index (χ2v) is 6.24. The first kappa shape index (κ1) is 20.1. The summed E-state index contributed by atoms with van der Waals surface area (Å²) in [6.45, 7) is 3.89. The lowest BCUT2D eigenvalue weighted by Crippen LogP contribution is -2.26. The summed E-state index contributed by atoms with van der Waals surface area (Å²) in [5, 5.41) is 13.1. The predicted molar refractivity (Wildman–Crippen MR) is 102 cm³/mol. The molecule has 6 heteroatoms. The van der Waals surface area contributed by atoms with E-state index in [2.05, 4.69) is 5.32 Å². The minimum absolute atomic E-state index is 0.425. The molecule has 2 aromatic carbocycles. The minimum Gasteiger partial charge on any atom is -0.492 e. The van der Waals surface area contributed by atoms with Gasteiger partial charge in [-0.25, -0.2) is 4.79 Å². The van der Waals surface area contributed by atoms with Gasteiger partial charge in [-0.1, -0.05) is 30.7 Å². The van der Waals surface area contributed by atoms with Crippen molar-refractivity contribution in [3.8, 4) is 11.5 Å². The molecule has 1 atom stereocenters. The van der Waals surface area contributed by atoms with Gasteiger partial charge in [0.25, 0.3) is 0 Å². The van der Waals surface area contributed by atoms with Gasteiger partial charge in [0.1, 0.15) is 18.1 Å². The molecule has 2 rings (SSSR count). The van der Waals surface area contributed by atoms with Crippen LogP contribution in [-0.2, 0) is 11.2 Å². The molecule has 0 amide bonds. The Bertz CT molecular complexity index is 690. The van der Waals surface area contributed by atoms with Crippen molar-refractivity contribution in [3.05, 3.63) is 59.1 Å². The van der Waals surface area contributed by atoms with Crippen LogP contribution >= 0.6 is 11.6 Å². The van der Waals surface area contributed by atoms with E-state index in [4.69, 9.17) is 26.2 Å². The summed E-state index contributed by atoms with van der Waals surface area (Å²) in [5.74, 6) is 0.438. The van der Waals surface area contributed by atoms with Crippen LogP contribution in [0.2, 0.25) is 5.02 Å². The fraction of sp³-hybridized carbons (Fsp3) is 0.350. The summed E-state index contributed by atoms with van der Waals surface area (Å²) in [7, 11) is 0. The lowest BCUT2D eigenvalue weighted by atomic mass is 10.1. The number of aliphatic carboxylic acids is 1.